The zero-order valence-electron chi connectivity index (χ0n) is 14.8. The van der Waals surface area contributed by atoms with Gasteiger partial charge in [-0.25, -0.2) is 4.79 Å². The van der Waals surface area contributed by atoms with Crippen LogP contribution < -0.4 is 10.1 Å². The summed E-state index contributed by atoms with van der Waals surface area (Å²) in [6, 6.07) is 15.1. The minimum atomic E-state index is -0.222. The van der Waals surface area contributed by atoms with Gasteiger partial charge in [-0.3, -0.25) is 0 Å². The van der Waals surface area contributed by atoms with Crippen LogP contribution in [0.3, 0.4) is 0 Å². The fourth-order valence-electron chi connectivity index (χ4n) is 3.33. The van der Waals surface area contributed by atoms with Crippen molar-refractivity contribution in [2.24, 2.45) is 11.8 Å². The minimum absolute atomic E-state index is 0.0303. The third kappa shape index (κ3) is 3.81. The molecule has 0 aromatic heterocycles. The predicted molar refractivity (Wildman–Crippen MR) is 100 cm³/mol. The van der Waals surface area contributed by atoms with Gasteiger partial charge in [0.1, 0.15) is 5.75 Å². The number of aliphatic hydroxyl groups excluding tert-OH is 2. The molecule has 0 aliphatic carbocycles. The molecule has 0 saturated carbocycles. The third-order valence-electron chi connectivity index (χ3n) is 4.90. The number of nitrogens with zero attached hydrogens (tertiary/aromatic N) is 1. The second-order valence-corrected chi connectivity index (χ2v) is 6.49. The smallest absolute Gasteiger partial charge is 0.321 e. The molecule has 3 rings (SSSR count). The van der Waals surface area contributed by atoms with Gasteiger partial charge in [-0.1, -0.05) is 30.3 Å². The summed E-state index contributed by atoms with van der Waals surface area (Å²) in [6.45, 7) is 0.825. The van der Waals surface area contributed by atoms with E-state index < -0.39 is 0 Å². The molecule has 1 aliphatic rings. The Balaban J connectivity index is 1.77. The maximum Gasteiger partial charge on any atom is 0.321 e. The number of aliphatic hydroxyl groups is 2. The van der Waals surface area contributed by atoms with E-state index in [-0.39, 0.29) is 31.1 Å². The van der Waals surface area contributed by atoms with Crippen LogP contribution in [0.4, 0.5) is 10.5 Å². The summed E-state index contributed by atoms with van der Waals surface area (Å²) >= 11 is 0. The Morgan fingerprint density at radius 3 is 2.27 bits per heavy atom. The van der Waals surface area contributed by atoms with E-state index in [0.29, 0.717) is 13.1 Å². The molecule has 2 atom stereocenters. The first-order valence-electron chi connectivity index (χ1n) is 8.67. The molecule has 1 aliphatic heterocycles. The molecular formula is C20H24N2O4. The molecule has 0 radical (unpaired) electrons. The summed E-state index contributed by atoms with van der Waals surface area (Å²) in [7, 11) is 1.62. The molecule has 1 heterocycles. The highest BCUT2D eigenvalue weighted by atomic mass is 16.5. The van der Waals surface area contributed by atoms with E-state index >= 15 is 0 Å². The largest absolute Gasteiger partial charge is 0.497 e. The Hall–Kier alpha value is -2.57. The Morgan fingerprint density at radius 2 is 1.69 bits per heavy atom. The van der Waals surface area contributed by atoms with Crippen molar-refractivity contribution in [2.45, 2.75) is 0 Å². The number of hydrogen-bond donors (Lipinski definition) is 3. The van der Waals surface area contributed by atoms with Crippen molar-refractivity contribution < 1.29 is 19.7 Å². The van der Waals surface area contributed by atoms with Crippen LogP contribution in [0.25, 0.3) is 11.1 Å². The first kappa shape index (κ1) is 18.2. The van der Waals surface area contributed by atoms with Gasteiger partial charge >= 0.3 is 6.03 Å². The molecular weight excluding hydrogens is 332 g/mol. The van der Waals surface area contributed by atoms with Gasteiger partial charge < -0.3 is 25.2 Å². The van der Waals surface area contributed by atoms with Crippen molar-refractivity contribution in [1.82, 2.24) is 4.90 Å². The molecule has 138 valence electrons. The lowest BCUT2D eigenvalue weighted by Crippen LogP contribution is -2.33. The lowest BCUT2D eigenvalue weighted by Gasteiger charge is -2.19. The van der Waals surface area contributed by atoms with Crippen LogP contribution in [0.15, 0.2) is 48.5 Å². The molecule has 2 amide bonds. The molecule has 6 heteroatoms. The van der Waals surface area contributed by atoms with Crippen molar-refractivity contribution in [3.8, 4) is 16.9 Å². The Morgan fingerprint density at radius 1 is 1.08 bits per heavy atom. The lowest BCUT2D eigenvalue weighted by atomic mass is 9.98. The zero-order valence-corrected chi connectivity index (χ0v) is 14.8. The van der Waals surface area contributed by atoms with Gasteiger partial charge in [0.05, 0.1) is 12.8 Å². The first-order valence-corrected chi connectivity index (χ1v) is 8.67. The summed E-state index contributed by atoms with van der Waals surface area (Å²) < 4.78 is 5.19. The molecule has 6 nitrogen and oxygen atoms in total. The quantitative estimate of drug-likeness (QED) is 0.768. The Kier molecular flexibility index (Phi) is 5.75. The van der Waals surface area contributed by atoms with Crippen LogP contribution in [-0.4, -0.2) is 54.6 Å². The average molecular weight is 356 g/mol. The van der Waals surface area contributed by atoms with E-state index in [1.807, 2.05) is 48.5 Å². The van der Waals surface area contributed by atoms with E-state index in [4.69, 9.17) is 4.74 Å². The van der Waals surface area contributed by atoms with Crippen LogP contribution in [0.2, 0.25) is 0 Å². The van der Waals surface area contributed by atoms with Gasteiger partial charge in [-0.05, 0) is 23.8 Å². The van der Waals surface area contributed by atoms with Crippen LogP contribution in [0.1, 0.15) is 0 Å². The molecule has 2 aromatic rings. The van der Waals surface area contributed by atoms with Gasteiger partial charge in [0.25, 0.3) is 0 Å². The standard InChI is InChI=1S/C20H24N2O4/c1-26-17-8-6-14(7-9-17)18-4-2-3-5-19(18)21-20(25)22-10-15(12-23)16(11-22)13-24/h2-9,15-16,23-24H,10-13H2,1H3,(H,21,25). The van der Waals surface area contributed by atoms with Gasteiger partial charge in [-0.15, -0.1) is 0 Å². The third-order valence-corrected chi connectivity index (χ3v) is 4.90. The number of ether oxygens (including phenoxy) is 1. The van der Waals surface area contributed by atoms with Gasteiger partial charge in [0.2, 0.25) is 0 Å². The number of nitrogens with one attached hydrogen (secondary N) is 1. The van der Waals surface area contributed by atoms with Crippen molar-refractivity contribution >= 4 is 11.7 Å². The number of anilines is 1. The number of carbonyl (C=O) groups excluding carboxylic acids is 1. The van der Waals surface area contributed by atoms with Gasteiger partial charge in [0, 0.05) is 43.7 Å². The lowest BCUT2D eigenvalue weighted by molar-refractivity contribution is 0.152. The fourth-order valence-corrected chi connectivity index (χ4v) is 3.33. The maximum absolute atomic E-state index is 12.7. The minimum Gasteiger partial charge on any atom is -0.497 e. The van der Waals surface area contributed by atoms with Crippen molar-refractivity contribution in [3.05, 3.63) is 48.5 Å². The number of methoxy groups -OCH3 is 1. The highest BCUT2D eigenvalue weighted by molar-refractivity contribution is 5.94. The van der Waals surface area contributed by atoms with Crippen LogP contribution in [0, 0.1) is 11.8 Å². The predicted octanol–water partition coefficient (Wildman–Crippen LogP) is 2.43. The molecule has 0 bridgehead atoms. The number of para-hydroxylation sites is 1. The molecule has 1 fully saturated rings. The molecule has 2 unspecified atom stereocenters. The highest BCUT2D eigenvalue weighted by Crippen LogP contribution is 2.30. The molecule has 2 aromatic carbocycles. The molecule has 1 saturated heterocycles. The number of benzene rings is 2. The summed E-state index contributed by atoms with van der Waals surface area (Å²) in [5.74, 6) is 0.614. The summed E-state index contributed by atoms with van der Waals surface area (Å²) in [6.07, 6.45) is 0. The summed E-state index contributed by atoms with van der Waals surface area (Å²) in [5.41, 5.74) is 2.61. The normalized spacial score (nSPS) is 19.4. The average Bonchev–Trinajstić information content (AvgIpc) is 3.12. The fraction of sp³-hybridized carbons (Fsp3) is 0.350. The number of hydrogen-bond acceptors (Lipinski definition) is 4. The number of amides is 2. The van der Waals surface area contributed by atoms with Gasteiger partial charge in [-0.2, -0.15) is 0 Å². The number of likely N-dealkylation sites (tertiary alicyclic amines) is 1. The van der Waals surface area contributed by atoms with E-state index in [2.05, 4.69) is 5.32 Å². The Labute approximate surface area is 153 Å². The first-order chi connectivity index (χ1) is 12.7. The molecule has 26 heavy (non-hydrogen) atoms. The van der Waals surface area contributed by atoms with Crippen molar-refractivity contribution in [2.75, 3.05) is 38.7 Å². The van der Waals surface area contributed by atoms with Crippen molar-refractivity contribution in [1.29, 1.82) is 0 Å². The molecule has 0 spiro atoms. The Bertz CT molecular complexity index is 736. The SMILES string of the molecule is COc1ccc(-c2ccccc2NC(=O)N2CC(CO)C(CO)C2)cc1. The number of rotatable bonds is 5. The number of urea groups is 1. The number of carbonyl (C=O) groups is 1. The van der Waals surface area contributed by atoms with Gasteiger partial charge in [0.15, 0.2) is 0 Å². The highest BCUT2D eigenvalue weighted by Gasteiger charge is 2.34. The van der Waals surface area contributed by atoms with Crippen LogP contribution in [0.5, 0.6) is 5.75 Å². The van der Waals surface area contributed by atoms with E-state index in [1.165, 1.54) is 0 Å². The second kappa shape index (κ2) is 8.21. The summed E-state index contributed by atoms with van der Waals surface area (Å²) in [4.78, 5) is 14.3. The van der Waals surface area contributed by atoms with Crippen LogP contribution >= 0.6 is 0 Å². The van der Waals surface area contributed by atoms with E-state index in [9.17, 15) is 15.0 Å². The van der Waals surface area contributed by atoms with E-state index in [0.717, 1.165) is 22.6 Å². The maximum atomic E-state index is 12.7. The van der Waals surface area contributed by atoms with E-state index in [1.54, 1.807) is 12.0 Å². The zero-order chi connectivity index (χ0) is 18.5. The monoisotopic (exact) mass is 356 g/mol. The second-order valence-electron chi connectivity index (χ2n) is 6.49. The van der Waals surface area contributed by atoms with Crippen molar-refractivity contribution in [3.63, 3.8) is 0 Å². The topological polar surface area (TPSA) is 82.0 Å². The van der Waals surface area contributed by atoms with Crippen LogP contribution in [-0.2, 0) is 0 Å². The molecule has 3 N–H and O–H groups in total. The summed E-state index contributed by atoms with van der Waals surface area (Å²) in [5, 5.41) is 21.8.